The van der Waals surface area contributed by atoms with Crippen LogP contribution in [0, 0.1) is 0 Å². The van der Waals surface area contributed by atoms with Gasteiger partial charge in [-0.05, 0) is 0 Å². The average molecular weight is 303 g/mol. The molecule has 0 aromatic heterocycles. The van der Waals surface area contributed by atoms with Crippen LogP contribution in [0.15, 0.2) is 18.2 Å². The zero-order valence-corrected chi connectivity index (χ0v) is 12.3. The Balaban J connectivity index is 0.00000200. The summed E-state index contributed by atoms with van der Waals surface area (Å²) in [5, 5.41) is 5.92. The van der Waals surface area contributed by atoms with Crippen molar-refractivity contribution in [2.45, 2.75) is 6.04 Å². The van der Waals surface area contributed by atoms with Crippen LogP contribution in [-0.2, 0) is 9.53 Å². The first-order valence-corrected chi connectivity index (χ1v) is 6.08. The monoisotopic (exact) mass is 302 g/mol. The van der Waals surface area contributed by atoms with E-state index in [1.807, 2.05) is 0 Å². The summed E-state index contributed by atoms with van der Waals surface area (Å²) in [6.45, 7) is 1.70. The van der Waals surface area contributed by atoms with E-state index in [0.29, 0.717) is 36.9 Å². The third-order valence-electron chi connectivity index (χ3n) is 2.86. The first kappa shape index (κ1) is 16.6. The van der Waals surface area contributed by atoms with Gasteiger partial charge < -0.3 is 24.8 Å². The summed E-state index contributed by atoms with van der Waals surface area (Å²) >= 11 is 0. The number of benzene rings is 1. The van der Waals surface area contributed by atoms with E-state index in [4.69, 9.17) is 14.2 Å². The number of ether oxygens (including phenoxy) is 3. The van der Waals surface area contributed by atoms with Gasteiger partial charge in [0.15, 0.2) is 0 Å². The quantitative estimate of drug-likeness (QED) is 0.870. The number of amides is 1. The predicted molar refractivity (Wildman–Crippen MR) is 78.0 cm³/mol. The van der Waals surface area contributed by atoms with E-state index in [-0.39, 0.29) is 24.4 Å². The van der Waals surface area contributed by atoms with Gasteiger partial charge in [-0.1, -0.05) is 0 Å². The summed E-state index contributed by atoms with van der Waals surface area (Å²) in [6, 6.07) is 4.90. The Hall–Kier alpha value is -1.50. The van der Waals surface area contributed by atoms with E-state index in [1.165, 1.54) is 0 Å². The van der Waals surface area contributed by atoms with Crippen LogP contribution in [0.4, 0.5) is 5.69 Å². The van der Waals surface area contributed by atoms with Crippen molar-refractivity contribution < 1.29 is 19.0 Å². The van der Waals surface area contributed by atoms with E-state index in [9.17, 15) is 4.79 Å². The van der Waals surface area contributed by atoms with Gasteiger partial charge in [0.2, 0.25) is 5.91 Å². The van der Waals surface area contributed by atoms with Crippen molar-refractivity contribution in [3.8, 4) is 11.5 Å². The molecule has 0 radical (unpaired) electrons. The lowest BCUT2D eigenvalue weighted by molar-refractivity contribution is -0.120. The first-order valence-electron chi connectivity index (χ1n) is 6.08. The Bertz CT molecular complexity index is 428. The molecule has 0 aliphatic carbocycles. The van der Waals surface area contributed by atoms with E-state index in [2.05, 4.69) is 10.6 Å². The molecule has 6 nitrogen and oxygen atoms in total. The van der Waals surface area contributed by atoms with Crippen LogP contribution in [0.5, 0.6) is 11.5 Å². The van der Waals surface area contributed by atoms with Gasteiger partial charge in [-0.25, -0.2) is 0 Å². The van der Waals surface area contributed by atoms with Crippen LogP contribution in [0.2, 0.25) is 0 Å². The average Bonchev–Trinajstić information content (AvgIpc) is 2.47. The van der Waals surface area contributed by atoms with Crippen LogP contribution < -0.4 is 20.1 Å². The fourth-order valence-electron chi connectivity index (χ4n) is 1.84. The SMILES string of the molecule is COc1cc(NC(=O)C2COCCN2)cc(OC)c1.Cl. The topological polar surface area (TPSA) is 68.8 Å². The zero-order chi connectivity index (χ0) is 13.7. The van der Waals surface area contributed by atoms with Crippen LogP contribution in [-0.4, -0.2) is 45.9 Å². The van der Waals surface area contributed by atoms with Crippen LogP contribution in [0.1, 0.15) is 0 Å². The van der Waals surface area contributed by atoms with Gasteiger partial charge in [0.1, 0.15) is 17.5 Å². The van der Waals surface area contributed by atoms with Crippen LogP contribution in [0.25, 0.3) is 0 Å². The largest absolute Gasteiger partial charge is 0.497 e. The molecule has 20 heavy (non-hydrogen) atoms. The third-order valence-corrected chi connectivity index (χ3v) is 2.86. The second kappa shape index (κ2) is 7.94. The second-order valence-corrected chi connectivity index (χ2v) is 4.17. The van der Waals surface area contributed by atoms with Gasteiger partial charge in [-0.15, -0.1) is 12.4 Å². The highest BCUT2D eigenvalue weighted by Gasteiger charge is 2.21. The molecule has 0 spiro atoms. The molecule has 1 saturated heterocycles. The number of carbonyl (C=O) groups is 1. The molecule has 1 amide bonds. The Morgan fingerprint density at radius 2 is 1.95 bits per heavy atom. The molecule has 1 unspecified atom stereocenters. The lowest BCUT2D eigenvalue weighted by Crippen LogP contribution is -2.48. The standard InChI is InChI=1S/C13H18N2O4.ClH/c1-17-10-5-9(6-11(7-10)18-2)15-13(16)12-8-19-4-3-14-12;/h5-7,12,14H,3-4,8H2,1-2H3,(H,15,16);1H. The molecule has 1 aliphatic heterocycles. The van der Waals surface area contributed by atoms with E-state index < -0.39 is 0 Å². The summed E-state index contributed by atoms with van der Waals surface area (Å²) in [7, 11) is 3.13. The maximum absolute atomic E-state index is 12.0. The molecule has 7 heteroatoms. The Kier molecular flexibility index (Phi) is 6.57. The minimum absolute atomic E-state index is 0. The number of nitrogens with one attached hydrogen (secondary N) is 2. The molecule has 1 atom stereocenters. The number of anilines is 1. The number of methoxy groups -OCH3 is 2. The number of halogens is 1. The summed E-state index contributed by atoms with van der Waals surface area (Å²) in [4.78, 5) is 12.0. The summed E-state index contributed by atoms with van der Waals surface area (Å²) in [5.74, 6) is 1.13. The molecular formula is C13H19ClN2O4. The Labute approximate surface area is 124 Å². The molecule has 1 aromatic carbocycles. The van der Waals surface area contributed by atoms with Crippen molar-refractivity contribution in [1.29, 1.82) is 0 Å². The molecule has 1 aromatic rings. The number of morpholine rings is 1. The summed E-state index contributed by atoms with van der Waals surface area (Å²) in [5.41, 5.74) is 0.633. The van der Waals surface area contributed by atoms with Gasteiger partial charge >= 0.3 is 0 Å². The maximum atomic E-state index is 12.0. The molecule has 1 heterocycles. The van der Waals surface area contributed by atoms with Crippen molar-refractivity contribution in [2.75, 3.05) is 39.3 Å². The van der Waals surface area contributed by atoms with Crippen molar-refractivity contribution in [2.24, 2.45) is 0 Å². The first-order chi connectivity index (χ1) is 9.22. The Morgan fingerprint density at radius 3 is 2.45 bits per heavy atom. The molecule has 1 fully saturated rings. The van der Waals surface area contributed by atoms with Gasteiger partial charge in [0.05, 0.1) is 27.4 Å². The number of carbonyl (C=O) groups excluding carboxylic acids is 1. The van der Waals surface area contributed by atoms with Crippen molar-refractivity contribution in [3.63, 3.8) is 0 Å². The molecule has 2 N–H and O–H groups in total. The summed E-state index contributed by atoms with van der Waals surface area (Å²) < 4.78 is 15.6. The lowest BCUT2D eigenvalue weighted by Gasteiger charge is -2.23. The molecule has 0 saturated carbocycles. The third kappa shape index (κ3) is 4.26. The van der Waals surface area contributed by atoms with E-state index >= 15 is 0 Å². The van der Waals surface area contributed by atoms with Gasteiger partial charge in [0, 0.05) is 30.4 Å². The minimum Gasteiger partial charge on any atom is -0.497 e. The van der Waals surface area contributed by atoms with E-state index in [0.717, 1.165) is 0 Å². The molecule has 1 aliphatic rings. The normalized spacial score (nSPS) is 17.8. The lowest BCUT2D eigenvalue weighted by atomic mass is 10.2. The highest BCUT2D eigenvalue weighted by atomic mass is 35.5. The van der Waals surface area contributed by atoms with Crippen molar-refractivity contribution in [3.05, 3.63) is 18.2 Å². The molecule has 112 valence electrons. The Morgan fingerprint density at radius 1 is 1.30 bits per heavy atom. The van der Waals surface area contributed by atoms with Gasteiger partial charge in [0.25, 0.3) is 0 Å². The van der Waals surface area contributed by atoms with E-state index in [1.54, 1.807) is 32.4 Å². The van der Waals surface area contributed by atoms with Gasteiger partial charge in [-0.3, -0.25) is 4.79 Å². The van der Waals surface area contributed by atoms with Crippen LogP contribution in [0.3, 0.4) is 0 Å². The van der Waals surface area contributed by atoms with Gasteiger partial charge in [-0.2, -0.15) is 0 Å². The fourth-order valence-corrected chi connectivity index (χ4v) is 1.84. The molecule has 2 rings (SSSR count). The van der Waals surface area contributed by atoms with Crippen molar-refractivity contribution in [1.82, 2.24) is 5.32 Å². The summed E-state index contributed by atoms with van der Waals surface area (Å²) in [6.07, 6.45) is 0. The molecular weight excluding hydrogens is 284 g/mol. The fraction of sp³-hybridized carbons (Fsp3) is 0.462. The molecule has 0 bridgehead atoms. The highest BCUT2D eigenvalue weighted by molar-refractivity contribution is 5.95. The van der Waals surface area contributed by atoms with Crippen LogP contribution >= 0.6 is 12.4 Å². The minimum atomic E-state index is -0.328. The predicted octanol–water partition coefficient (Wildman–Crippen LogP) is 1.05. The maximum Gasteiger partial charge on any atom is 0.243 e. The highest BCUT2D eigenvalue weighted by Crippen LogP contribution is 2.25. The smallest absolute Gasteiger partial charge is 0.243 e. The van der Waals surface area contributed by atoms with Crippen molar-refractivity contribution >= 4 is 24.0 Å². The number of hydrogen-bond donors (Lipinski definition) is 2. The number of hydrogen-bond acceptors (Lipinski definition) is 5. The zero-order valence-electron chi connectivity index (χ0n) is 11.5. The number of rotatable bonds is 4. The second-order valence-electron chi connectivity index (χ2n) is 4.17.